The minimum Gasteiger partial charge on any atom is -0.314 e. The van der Waals surface area contributed by atoms with Crippen molar-refractivity contribution in [3.63, 3.8) is 0 Å². The average Bonchev–Trinajstić information content (AvgIpc) is 2.38. The van der Waals surface area contributed by atoms with Crippen LogP contribution in [0.5, 0.6) is 0 Å². The lowest BCUT2D eigenvalue weighted by Crippen LogP contribution is -2.37. The van der Waals surface area contributed by atoms with Crippen LogP contribution in [0.2, 0.25) is 0 Å². The van der Waals surface area contributed by atoms with Gasteiger partial charge in [0, 0.05) is 6.04 Å². The highest BCUT2D eigenvalue weighted by atomic mass is 14.9. The molecule has 1 nitrogen and oxygen atoms in total. The van der Waals surface area contributed by atoms with E-state index in [2.05, 4.69) is 42.6 Å². The Morgan fingerprint density at radius 2 is 1.88 bits per heavy atom. The highest BCUT2D eigenvalue weighted by Crippen LogP contribution is 2.23. The Balaban J connectivity index is 1.63. The first-order valence-corrected chi connectivity index (χ1v) is 7.13. The van der Waals surface area contributed by atoms with Crippen LogP contribution in [0.3, 0.4) is 0 Å². The highest BCUT2D eigenvalue weighted by Gasteiger charge is 2.19. The smallest absolute Gasteiger partial charge is 0.00926 e. The third kappa shape index (κ3) is 4.16. The summed E-state index contributed by atoms with van der Waals surface area (Å²) in [5.74, 6) is 0.875. The number of nitrogens with one attached hydrogen (secondary N) is 1. The van der Waals surface area contributed by atoms with Gasteiger partial charge >= 0.3 is 0 Å². The second-order valence-electron chi connectivity index (χ2n) is 5.41. The normalized spacial score (nSPS) is 24.8. The number of rotatable bonds is 5. The minimum absolute atomic E-state index is 0.777. The van der Waals surface area contributed by atoms with Gasteiger partial charge in [0.15, 0.2) is 0 Å². The zero-order chi connectivity index (χ0) is 11.9. The van der Waals surface area contributed by atoms with E-state index in [0.29, 0.717) is 0 Å². The summed E-state index contributed by atoms with van der Waals surface area (Å²) in [5.41, 5.74) is 1.46. The molecule has 0 bridgehead atoms. The molecule has 1 fully saturated rings. The van der Waals surface area contributed by atoms with E-state index in [1.165, 1.54) is 50.6 Å². The number of benzene rings is 1. The molecule has 2 rings (SSSR count). The van der Waals surface area contributed by atoms with E-state index < -0.39 is 0 Å². The molecule has 1 saturated carbocycles. The van der Waals surface area contributed by atoms with Crippen molar-refractivity contribution in [2.24, 2.45) is 5.92 Å². The van der Waals surface area contributed by atoms with E-state index >= 15 is 0 Å². The summed E-state index contributed by atoms with van der Waals surface area (Å²) in [5, 5.41) is 3.74. The third-order valence-corrected chi connectivity index (χ3v) is 4.00. The van der Waals surface area contributed by atoms with Gasteiger partial charge in [0.05, 0.1) is 0 Å². The SMILES string of the molecule is CC1CCCCC1NCCCc1ccccc1. The van der Waals surface area contributed by atoms with Crippen molar-refractivity contribution >= 4 is 0 Å². The minimum atomic E-state index is 0.777. The van der Waals surface area contributed by atoms with Gasteiger partial charge in [0.25, 0.3) is 0 Å². The first-order valence-electron chi connectivity index (χ1n) is 7.13. The quantitative estimate of drug-likeness (QED) is 0.760. The van der Waals surface area contributed by atoms with Gasteiger partial charge in [-0.05, 0) is 43.7 Å². The lowest BCUT2D eigenvalue weighted by atomic mass is 9.86. The van der Waals surface area contributed by atoms with Crippen LogP contribution in [0, 0.1) is 5.92 Å². The lowest BCUT2D eigenvalue weighted by Gasteiger charge is -2.29. The fourth-order valence-electron chi connectivity index (χ4n) is 2.84. The molecule has 17 heavy (non-hydrogen) atoms. The summed E-state index contributed by atoms with van der Waals surface area (Å²) in [6.07, 6.45) is 8.11. The molecule has 1 N–H and O–H groups in total. The fourth-order valence-corrected chi connectivity index (χ4v) is 2.84. The predicted octanol–water partition coefficient (Wildman–Crippen LogP) is 3.79. The molecule has 94 valence electrons. The van der Waals surface area contributed by atoms with E-state index in [4.69, 9.17) is 0 Å². The largest absolute Gasteiger partial charge is 0.314 e. The second-order valence-corrected chi connectivity index (χ2v) is 5.41. The van der Waals surface area contributed by atoms with Gasteiger partial charge < -0.3 is 5.32 Å². The van der Waals surface area contributed by atoms with Gasteiger partial charge in [-0.3, -0.25) is 0 Å². The van der Waals surface area contributed by atoms with E-state index in [0.717, 1.165) is 12.0 Å². The maximum atomic E-state index is 3.74. The van der Waals surface area contributed by atoms with Gasteiger partial charge in [0.1, 0.15) is 0 Å². The van der Waals surface area contributed by atoms with E-state index in [1.807, 2.05) is 0 Å². The summed E-state index contributed by atoms with van der Waals surface area (Å²) < 4.78 is 0. The maximum Gasteiger partial charge on any atom is 0.00926 e. The van der Waals surface area contributed by atoms with E-state index in [9.17, 15) is 0 Å². The zero-order valence-electron chi connectivity index (χ0n) is 11.0. The van der Waals surface area contributed by atoms with Gasteiger partial charge in [-0.1, -0.05) is 50.1 Å². The molecule has 0 aromatic heterocycles. The third-order valence-electron chi connectivity index (χ3n) is 4.00. The fraction of sp³-hybridized carbons (Fsp3) is 0.625. The molecule has 1 aromatic rings. The molecule has 0 spiro atoms. The molecule has 1 aliphatic carbocycles. The molecule has 0 radical (unpaired) electrons. The van der Waals surface area contributed by atoms with Crippen molar-refractivity contribution in [3.05, 3.63) is 35.9 Å². The molecule has 0 saturated heterocycles. The molecular weight excluding hydrogens is 206 g/mol. The topological polar surface area (TPSA) is 12.0 Å². The molecule has 1 aromatic carbocycles. The Labute approximate surface area is 106 Å². The van der Waals surface area contributed by atoms with Crippen LogP contribution in [-0.4, -0.2) is 12.6 Å². The van der Waals surface area contributed by atoms with Gasteiger partial charge in [-0.15, -0.1) is 0 Å². The molecule has 0 amide bonds. The standard InChI is InChI=1S/C16H25N/c1-14-8-5-6-12-16(14)17-13-7-11-15-9-3-2-4-10-15/h2-4,9-10,14,16-17H,5-8,11-13H2,1H3. The average molecular weight is 231 g/mol. The van der Waals surface area contributed by atoms with Crippen LogP contribution in [0.15, 0.2) is 30.3 Å². The van der Waals surface area contributed by atoms with E-state index in [-0.39, 0.29) is 0 Å². The summed E-state index contributed by atoms with van der Waals surface area (Å²) in [6, 6.07) is 11.6. The van der Waals surface area contributed by atoms with Crippen molar-refractivity contribution in [3.8, 4) is 0 Å². The second kappa shape index (κ2) is 6.80. The Kier molecular flexibility index (Phi) is 5.06. The van der Waals surface area contributed by atoms with Crippen LogP contribution < -0.4 is 5.32 Å². The molecule has 2 atom stereocenters. The van der Waals surface area contributed by atoms with Crippen LogP contribution >= 0.6 is 0 Å². The summed E-state index contributed by atoms with van der Waals surface area (Å²) in [6.45, 7) is 3.57. The van der Waals surface area contributed by atoms with Crippen molar-refractivity contribution in [1.29, 1.82) is 0 Å². The molecule has 1 heteroatoms. The summed E-state index contributed by atoms with van der Waals surface area (Å²) >= 11 is 0. The van der Waals surface area contributed by atoms with Gasteiger partial charge in [0.2, 0.25) is 0 Å². The van der Waals surface area contributed by atoms with Crippen LogP contribution in [-0.2, 0) is 6.42 Å². The molecule has 1 aliphatic rings. The Bertz CT molecular complexity index is 307. The molecule has 2 unspecified atom stereocenters. The highest BCUT2D eigenvalue weighted by molar-refractivity contribution is 5.14. The first kappa shape index (κ1) is 12.6. The zero-order valence-corrected chi connectivity index (χ0v) is 11.0. The van der Waals surface area contributed by atoms with Crippen molar-refractivity contribution in [1.82, 2.24) is 5.32 Å². The monoisotopic (exact) mass is 231 g/mol. The van der Waals surface area contributed by atoms with Crippen LogP contribution in [0.25, 0.3) is 0 Å². The van der Waals surface area contributed by atoms with Crippen LogP contribution in [0.4, 0.5) is 0 Å². The van der Waals surface area contributed by atoms with Crippen molar-refractivity contribution in [2.75, 3.05) is 6.54 Å². The molecule has 0 heterocycles. The molecular formula is C16H25N. The number of hydrogen-bond donors (Lipinski definition) is 1. The van der Waals surface area contributed by atoms with Crippen LogP contribution in [0.1, 0.15) is 44.6 Å². The van der Waals surface area contributed by atoms with Gasteiger partial charge in [-0.25, -0.2) is 0 Å². The number of hydrogen-bond acceptors (Lipinski definition) is 1. The Morgan fingerprint density at radius 3 is 2.65 bits per heavy atom. The predicted molar refractivity (Wildman–Crippen MR) is 74.2 cm³/mol. The number of aryl methyl sites for hydroxylation is 1. The lowest BCUT2D eigenvalue weighted by molar-refractivity contribution is 0.280. The summed E-state index contributed by atoms with van der Waals surface area (Å²) in [7, 11) is 0. The Hall–Kier alpha value is -0.820. The summed E-state index contributed by atoms with van der Waals surface area (Å²) in [4.78, 5) is 0. The molecule has 0 aliphatic heterocycles. The van der Waals surface area contributed by atoms with E-state index in [1.54, 1.807) is 0 Å². The van der Waals surface area contributed by atoms with Crippen molar-refractivity contribution in [2.45, 2.75) is 51.5 Å². The maximum absolute atomic E-state index is 3.74. The Morgan fingerprint density at radius 1 is 1.12 bits per heavy atom. The van der Waals surface area contributed by atoms with Gasteiger partial charge in [-0.2, -0.15) is 0 Å². The van der Waals surface area contributed by atoms with Crippen molar-refractivity contribution < 1.29 is 0 Å². The first-order chi connectivity index (χ1) is 8.36.